The molecule has 7 heteroatoms. The average molecular weight is 315 g/mol. The van der Waals surface area contributed by atoms with Crippen molar-refractivity contribution in [2.75, 3.05) is 50.1 Å². The summed E-state index contributed by atoms with van der Waals surface area (Å²) in [5.41, 5.74) is 1.74. The molecule has 1 saturated heterocycles. The van der Waals surface area contributed by atoms with Crippen molar-refractivity contribution in [1.29, 1.82) is 0 Å². The van der Waals surface area contributed by atoms with Gasteiger partial charge >= 0.3 is 6.01 Å². The Balaban J connectivity index is 1.65. The molecule has 0 saturated carbocycles. The first-order valence-corrected chi connectivity index (χ1v) is 7.66. The van der Waals surface area contributed by atoms with Crippen molar-refractivity contribution < 1.29 is 9.21 Å². The number of carbonyl (C=O) groups excluding carboxylic acids is 1. The summed E-state index contributed by atoms with van der Waals surface area (Å²) in [5.74, 6) is 0.620. The minimum Gasteiger partial charge on any atom is -0.408 e. The maximum absolute atomic E-state index is 12.7. The van der Waals surface area contributed by atoms with Crippen molar-refractivity contribution >= 4 is 17.6 Å². The van der Waals surface area contributed by atoms with E-state index in [9.17, 15) is 4.79 Å². The molecule has 1 aromatic heterocycles. The minimum atomic E-state index is 0.0649. The lowest BCUT2D eigenvalue weighted by Gasteiger charge is -2.33. The van der Waals surface area contributed by atoms with E-state index < -0.39 is 0 Å². The number of hydrogen-bond donors (Lipinski definition) is 0. The Morgan fingerprint density at radius 3 is 2.52 bits per heavy atom. The molecule has 1 aromatic carbocycles. The van der Waals surface area contributed by atoms with Crippen LogP contribution < -0.4 is 9.80 Å². The second kappa shape index (κ2) is 6.28. The van der Waals surface area contributed by atoms with Gasteiger partial charge in [-0.25, -0.2) is 0 Å². The topological polar surface area (TPSA) is 65.7 Å². The van der Waals surface area contributed by atoms with Crippen molar-refractivity contribution in [3.63, 3.8) is 0 Å². The number of carbonyl (C=O) groups is 1. The van der Waals surface area contributed by atoms with Crippen LogP contribution in [0.15, 0.2) is 28.7 Å². The van der Waals surface area contributed by atoms with E-state index in [1.807, 2.05) is 53.1 Å². The zero-order valence-corrected chi connectivity index (χ0v) is 13.7. The summed E-state index contributed by atoms with van der Waals surface area (Å²) < 4.78 is 5.44. The molecule has 0 unspecified atom stereocenters. The molecule has 1 amide bonds. The molecule has 23 heavy (non-hydrogen) atoms. The molecule has 0 bridgehead atoms. The molecule has 122 valence electrons. The highest BCUT2D eigenvalue weighted by molar-refractivity contribution is 5.95. The average Bonchev–Trinajstić information content (AvgIpc) is 3.01. The number of piperazine rings is 1. The number of nitrogens with zero attached hydrogens (tertiary/aromatic N) is 5. The fourth-order valence-corrected chi connectivity index (χ4v) is 2.61. The van der Waals surface area contributed by atoms with Gasteiger partial charge < -0.3 is 19.1 Å². The first-order chi connectivity index (χ1) is 11.0. The molecule has 1 aliphatic rings. The Bertz CT molecular complexity index is 689. The number of amides is 1. The maximum atomic E-state index is 12.7. The number of benzene rings is 1. The third-order valence-corrected chi connectivity index (χ3v) is 3.96. The van der Waals surface area contributed by atoms with Crippen LogP contribution in [0.3, 0.4) is 0 Å². The van der Waals surface area contributed by atoms with Crippen LogP contribution in [0.4, 0.5) is 11.7 Å². The van der Waals surface area contributed by atoms with Crippen molar-refractivity contribution in [2.24, 2.45) is 0 Å². The maximum Gasteiger partial charge on any atom is 0.318 e. The largest absolute Gasteiger partial charge is 0.408 e. The minimum absolute atomic E-state index is 0.0649. The number of anilines is 2. The molecule has 0 N–H and O–H groups in total. The van der Waals surface area contributed by atoms with Crippen molar-refractivity contribution in [1.82, 2.24) is 15.1 Å². The lowest BCUT2D eigenvalue weighted by atomic mass is 10.1. The summed E-state index contributed by atoms with van der Waals surface area (Å²) in [6.07, 6.45) is 0. The van der Waals surface area contributed by atoms with E-state index in [-0.39, 0.29) is 5.91 Å². The van der Waals surface area contributed by atoms with Gasteiger partial charge in [0.15, 0.2) is 0 Å². The highest BCUT2D eigenvalue weighted by Crippen LogP contribution is 2.18. The molecule has 0 atom stereocenters. The normalized spacial score (nSPS) is 14.9. The van der Waals surface area contributed by atoms with Crippen LogP contribution >= 0.6 is 0 Å². The van der Waals surface area contributed by atoms with E-state index in [0.717, 1.165) is 11.3 Å². The van der Waals surface area contributed by atoms with E-state index in [4.69, 9.17) is 4.42 Å². The Morgan fingerprint density at radius 2 is 1.91 bits per heavy atom. The molecule has 7 nitrogen and oxygen atoms in total. The first kappa shape index (κ1) is 15.3. The summed E-state index contributed by atoms with van der Waals surface area (Å²) in [6, 6.07) is 8.23. The van der Waals surface area contributed by atoms with E-state index in [1.165, 1.54) is 0 Å². The van der Waals surface area contributed by atoms with Gasteiger partial charge in [-0.2, -0.15) is 0 Å². The van der Waals surface area contributed by atoms with Crippen LogP contribution in [0.1, 0.15) is 16.2 Å². The van der Waals surface area contributed by atoms with Crippen LogP contribution in [-0.2, 0) is 0 Å². The fraction of sp³-hybridized carbons (Fsp3) is 0.438. The quantitative estimate of drug-likeness (QED) is 0.853. The van der Waals surface area contributed by atoms with Gasteiger partial charge in [-0.1, -0.05) is 11.2 Å². The second-order valence-electron chi connectivity index (χ2n) is 5.83. The van der Waals surface area contributed by atoms with Gasteiger partial charge in [0.1, 0.15) is 0 Å². The van der Waals surface area contributed by atoms with Gasteiger partial charge in [-0.05, 0) is 18.2 Å². The second-order valence-corrected chi connectivity index (χ2v) is 5.83. The Hall–Kier alpha value is -2.57. The molecule has 3 rings (SSSR count). The smallest absolute Gasteiger partial charge is 0.318 e. The predicted molar refractivity (Wildman–Crippen MR) is 87.9 cm³/mol. The van der Waals surface area contributed by atoms with Gasteiger partial charge in [0, 0.05) is 58.4 Å². The van der Waals surface area contributed by atoms with Crippen LogP contribution in [0.2, 0.25) is 0 Å². The van der Waals surface area contributed by atoms with Gasteiger partial charge in [-0.3, -0.25) is 4.79 Å². The zero-order valence-electron chi connectivity index (χ0n) is 13.7. The molecule has 2 aromatic rings. The van der Waals surface area contributed by atoms with Gasteiger partial charge in [0.05, 0.1) is 0 Å². The van der Waals surface area contributed by atoms with Gasteiger partial charge in [-0.15, -0.1) is 5.10 Å². The predicted octanol–water partition coefficient (Wildman–Crippen LogP) is 1.41. The van der Waals surface area contributed by atoms with Gasteiger partial charge in [0.25, 0.3) is 5.91 Å². The summed E-state index contributed by atoms with van der Waals surface area (Å²) in [6.45, 7) is 4.45. The molecular formula is C16H21N5O2. The van der Waals surface area contributed by atoms with E-state index in [2.05, 4.69) is 10.2 Å². The fourth-order valence-electron chi connectivity index (χ4n) is 2.61. The van der Waals surface area contributed by atoms with Crippen LogP contribution in [-0.4, -0.2) is 61.3 Å². The van der Waals surface area contributed by atoms with Crippen molar-refractivity contribution in [2.45, 2.75) is 6.92 Å². The number of aryl methyl sites for hydroxylation is 1. The summed E-state index contributed by atoms with van der Waals surface area (Å²) in [4.78, 5) is 18.5. The Labute approximate surface area is 135 Å². The monoisotopic (exact) mass is 315 g/mol. The molecule has 1 aliphatic heterocycles. The van der Waals surface area contributed by atoms with Gasteiger partial charge in [0.2, 0.25) is 5.89 Å². The van der Waals surface area contributed by atoms with Crippen molar-refractivity contribution in [3.05, 3.63) is 35.7 Å². The Kier molecular flexibility index (Phi) is 4.18. The molecule has 2 heterocycles. The number of aromatic nitrogens is 2. The lowest BCUT2D eigenvalue weighted by Crippen LogP contribution is -2.49. The van der Waals surface area contributed by atoms with Crippen LogP contribution in [0, 0.1) is 6.92 Å². The SMILES string of the molecule is Cc1nnc(N2CCN(C(=O)c3cccc(N(C)C)c3)CC2)o1. The summed E-state index contributed by atoms with van der Waals surface area (Å²) in [7, 11) is 3.93. The van der Waals surface area contributed by atoms with E-state index >= 15 is 0 Å². The van der Waals surface area contributed by atoms with Crippen molar-refractivity contribution in [3.8, 4) is 0 Å². The van der Waals surface area contributed by atoms with Crippen LogP contribution in [0.5, 0.6) is 0 Å². The number of rotatable bonds is 3. The van der Waals surface area contributed by atoms with E-state index in [0.29, 0.717) is 38.1 Å². The molecule has 1 fully saturated rings. The van der Waals surface area contributed by atoms with E-state index in [1.54, 1.807) is 6.92 Å². The van der Waals surface area contributed by atoms with Crippen LogP contribution in [0.25, 0.3) is 0 Å². The highest BCUT2D eigenvalue weighted by Gasteiger charge is 2.24. The third kappa shape index (κ3) is 3.28. The summed E-state index contributed by atoms with van der Waals surface area (Å²) in [5, 5.41) is 7.87. The summed E-state index contributed by atoms with van der Waals surface area (Å²) >= 11 is 0. The number of hydrogen-bond acceptors (Lipinski definition) is 6. The molecular weight excluding hydrogens is 294 g/mol. The first-order valence-electron chi connectivity index (χ1n) is 7.66. The molecule has 0 spiro atoms. The zero-order chi connectivity index (χ0) is 16.4. The Morgan fingerprint density at radius 1 is 1.17 bits per heavy atom. The third-order valence-electron chi connectivity index (χ3n) is 3.96. The molecule has 0 radical (unpaired) electrons. The lowest BCUT2D eigenvalue weighted by molar-refractivity contribution is 0.0745. The highest BCUT2D eigenvalue weighted by atomic mass is 16.4. The standard InChI is InChI=1S/C16H21N5O2/c1-12-17-18-16(23-12)21-9-7-20(8-10-21)15(22)13-5-4-6-14(11-13)19(2)3/h4-6,11H,7-10H2,1-3H3. The molecule has 0 aliphatic carbocycles.